The molecule has 2 heterocycles. The first-order valence-corrected chi connectivity index (χ1v) is 9.54. The van der Waals surface area contributed by atoms with E-state index < -0.39 is 5.91 Å². The molecule has 1 saturated heterocycles. The second kappa shape index (κ2) is 8.24. The fourth-order valence-electron chi connectivity index (χ4n) is 2.34. The van der Waals surface area contributed by atoms with Gasteiger partial charge in [0.25, 0.3) is 5.91 Å². The van der Waals surface area contributed by atoms with Crippen molar-refractivity contribution in [2.24, 2.45) is 5.10 Å². The highest BCUT2D eigenvalue weighted by molar-refractivity contribution is 8.15. The van der Waals surface area contributed by atoms with Gasteiger partial charge in [0, 0.05) is 10.9 Å². The molecule has 2 aromatic rings. The maximum Gasteiger partial charge on any atom is 0.275 e. The molecule has 0 spiro atoms. The van der Waals surface area contributed by atoms with Crippen molar-refractivity contribution >= 4 is 40.1 Å². The van der Waals surface area contributed by atoms with Crippen molar-refractivity contribution in [3.05, 3.63) is 46.2 Å². The number of carbonyl (C=O) groups is 2. The number of nitrogens with zero attached hydrogens (tertiary/aromatic N) is 2. The van der Waals surface area contributed by atoms with Crippen LogP contribution in [0.1, 0.15) is 15.2 Å². The Labute approximate surface area is 159 Å². The smallest absolute Gasteiger partial charge is 0.275 e. The maximum atomic E-state index is 12.4. The van der Waals surface area contributed by atoms with E-state index in [0.717, 1.165) is 4.88 Å². The molecule has 9 heteroatoms. The topological polar surface area (TPSA) is 80.2 Å². The third-order valence-corrected chi connectivity index (χ3v) is 5.48. The van der Waals surface area contributed by atoms with Crippen LogP contribution >= 0.6 is 23.1 Å². The van der Waals surface area contributed by atoms with Crippen molar-refractivity contribution in [2.45, 2.75) is 6.54 Å². The van der Waals surface area contributed by atoms with Crippen LogP contribution in [-0.2, 0) is 11.3 Å². The molecule has 0 unspecified atom stereocenters. The highest BCUT2D eigenvalue weighted by atomic mass is 32.2. The summed E-state index contributed by atoms with van der Waals surface area (Å²) in [4.78, 5) is 27.1. The van der Waals surface area contributed by atoms with Crippen LogP contribution in [0.4, 0.5) is 0 Å². The quantitative estimate of drug-likeness (QED) is 0.766. The number of carbonyl (C=O) groups excluding carboxylic acids is 2. The Balaban J connectivity index is 1.73. The van der Waals surface area contributed by atoms with Gasteiger partial charge >= 0.3 is 0 Å². The van der Waals surface area contributed by atoms with E-state index in [4.69, 9.17) is 9.47 Å². The summed E-state index contributed by atoms with van der Waals surface area (Å²) < 4.78 is 10.4. The zero-order chi connectivity index (χ0) is 18.5. The predicted octanol–water partition coefficient (Wildman–Crippen LogP) is 2.54. The average molecular weight is 391 g/mol. The molecule has 0 radical (unpaired) electrons. The monoisotopic (exact) mass is 391 g/mol. The number of hydrogen-bond donors (Lipinski definition) is 1. The predicted molar refractivity (Wildman–Crippen MR) is 102 cm³/mol. The number of methoxy groups -OCH3 is 2. The van der Waals surface area contributed by atoms with Gasteiger partial charge in [-0.1, -0.05) is 17.8 Å². The summed E-state index contributed by atoms with van der Waals surface area (Å²) >= 11 is 2.87. The molecule has 1 aliphatic heterocycles. The molecule has 1 N–H and O–H groups in total. The third kappa shape index (κ3) is 4.00. The Kier molecular flexibility index (Phi) is 5.79. The molecule has 1 aliphatic rings. The molecular formula is C17H17N3O4S2. The summed E-state index contributed by atoms with van der Waals surface area (Å²) in [6.45, 7) is 0.448. The Morgan fingerprint density at radius 2 is 2.15 bits per heavy atom. The van der Waals surface area contributed by atoms with Gasteiger partial charge in [0.05, 0.1) is 32.1 Å². The molecular weight excluding hydrogens is 374 g/mol. The molecule has 2 amide bonds. The Hall–Kier alpha value is -2.52. The van der Waals surface area contributed by atoms with Crippen LogP contribution in [0.25, 0.3) is 0 Å². The Morgan fingerprint density at radius 1 is 1.31 bits per heavy atom. The first-order chi connectivity index (χ1) is 12.6. The van der Waals surface area contributed by atoms with Crippen molar-refractivity contribution in [1.29, 1.82) is 0 Å². The van der Waals surface area contributed by atoms with E-state index in [1.165, 1.54) is 26.0 Å². The van der Waals surface area contributed by atoms with Gasteiger partial charge in [-0.3, -0.25) is 14.5 Å². The molecule has 7 nitrogen and oxygen atoms in total. The molecule has 0 saturated carbocycles. The van der Waals surface area contributed by atoms with Gasteiger partial charge in [-0.2, -0.15) is 0 Å². The molecule has 0 bridgehead atoms. The molecule has 0 aliphatic carbocycles. The molecule has 1 aromatic heterocycles. The highest BCUT2D eigenvalue weighted by Crippen LogP contribution is 2.25. The number of hydrogen-bond acceptors (Lipinski definition) is 7. The number of rotatable bonds is 6. The molecule has 136 valence electrons. The van der Waals surface area contributed by atoms with E-state index in [0.29, 0.717) is 34.5 Å². The number of amides is 2. The van der Waals surface area contributed by atoms with Crippen molar-refractivity contribution in [3.63, 3.8) is 0 Å². The van der Waals surface area contributed by atoms with Crippen molar-refractivity contribution in [2.75, 3.05) is 20.0 Å². The normalized spacial score (nSPS) is 15.4. The lowest BCUT2D eigenvalue weighted by atomic mass is 10.2. The number of hydrazone groups is 1. The van der Waals surface area contributed by atoms with Crippen LogP contribution in [0.2, 0.25) is 0 Å². The summed E-state index contributed by atoms with van der Waals surface area (Å²) in [5.74, 6) is 0.828. The summed E-state index contributed by atoms with van der Waals surface area (Å²) in [7, 11) is 3.02. The second-order valence-electron chi connectivity index (χ2n) is 5.25. The molecule has 1 fully saturated rings. The number of nitrogens with one attached hydrogen (secondary N) is 1. The number of thioether (sulfide) groups is 1. The summed E-state index contributed by atoms with van der Waals surface area (Å²) in [6.07, 6.45) is 0. The molecule has 3 rings (SSSR count). The van der Waals surface area contributed by atoms with Crippen molar-refractivity contribution in [3.8, 4) is 11.5 Å². The second-order valence-corrected chi connectivity index (χ2v) is 7.22. The lowest BCUT2D eigenvalue weighted by molar-refractivity contribution is -0.124. The zero-order valence-corrected chi connectivity index (χ0v) is 15.9. The largest absolute Gasteiger partial charge is 0.497 e. The number of amidine groups is 1. The van der Waals surface area contributed by atoms with E-state index in [9.17, 15) is 9.59 Å². The summed E-state index contributed by atoms with van der Waals surface area (Å²) in [5.41, 5.74) is 2.83. The lowest BCUT2D eigenvalue weighted by Gasteiger charge is -2.15. The van der Waals surface area contributed by atoms with Gasteiger partial charge in [-0.25, -0.2) is 5.43 Å². The number of ether oxygens (including phenoxy) is 2. The molecule has 26 heavy (non-hydrogen) atoms. The zero-order valence-electron chi connectivity index (χ0n) is 14.2. The van der Waals surface area contributed by atoms with Crippen molar-refractivity contribution < 1.29 is 19.1 Å². The number of benzene rings is 1. The van der Waals surface area contributed by atoms with Crippen LogP contribution in [0.3, 0.4) is 0 Å². The highest BCUT2D eigenvalue weighted by Gasteiger charge is 2.29. The Bertz CT molecular complexity index is 837. The van der Waals surface area contributed by atoms with Crippen LogP contribution < -0.4 is 14.9 Å². The SMILES string of the molecule is COc1ccc(C(=O)NN=C2SCC(=O)N2Cc2cccs2)c(OC)c1. The van der Waals surface area contributed by atoms with Crippen LogP contribution in [0.5, 0.6) is 11.5 Å². The first-order valence-electron chi connectivity index (χ1n) is 7.68. The van der Waals surface area contributed by atoms with Gasteiger partial charge in [0.2, 0.25) is 5.91 Å². The number of thiophene rings is 1. The van der Waals surface area contributed by atoms with E-state index in [2.05, 4.69) is 10.5 Å². The lowest BCUT2D eigenvalue weighted by Crippen LogP contribution is -2.31. The van der Waals surface area contributed by atoms with Gasteiger partial charge < -0.3 is 9.47 Å². The fourth-order valence-corrected chi connectivity index (χ4v) is 3.87. The van der Waals surface area contributed by atoms with Crippen LogP contribution in [0, 0.1) is 0 Å². The van der Waals surface area contributed by atoms with E-state index in [1.54, 1.807) is 34.4 Å². The average Bonchev–Trinajstić information content (AvgIpc) is 3.30. The van der Waals surface area contributed by atoms with E-state index in [-0.39, 0.29) is 5.91 Å². The molecule has 0 atom stereocenters. The van der Waals surface area contributed by atoms with Crippen LogP contribution in [-0.4, -0.2) is 41.9 Å². The minimum atomic E-state index is -0.423. The third-order valence-electron chi connectivity index (χ3n) is 3.66. The van der Waals surface area contributed by atoms with E-state index >= 15 is 0 Å². The minimum absolute atomic E-state index is 0.0292. The molecule has 1 aromatic carbocycles. The van der Waals surface area contributed by atoms with Crippen molar-refractivity contribution in [1.82, 2.24) is 10.3 Å². The summed E-state index contributed by atoms with van der Waals surface area (Å²) in [5, 5.41) is 6.56. The van der Waals surface area contributed by atoms with Crippen LogP contribution in [0.15, 0.2) is 40.8 Å². The van der Waals surface area contributed by atoms with Gasteiger partial charge in [0.1, 0.15) is 11.5 Å². The van der Waals surface area contributed by atoms with E-state index in [1.807, 2.05) is 17.5 Å². The summed E-state index contributed by atoms with van der Waals surface area (Å²) in [6, 6.07) is 8.78. The van der Waals surface area contributed by atoms with Gasteiger partial charge in [-0.05, 0) is 23.6 Å². The van der Waals surface area contributed by atoms with Gasteiger partial charge in [0.15, 0.2) is 5.17 Å². The Morgan fingerprint density at radius 3 is 2.85 bits per heavy atom. The fraction of sp³-hybridized carbons (Fsp3) is 0.235. The van der Waals surface area contributed by atoms with Gasteiger partial charge in [-0.15, -0.1) is 16.4 Å². The maximum absolute atomic E-state index is 12.4. The standard InChI is InChI=1S/C17H17N3O4S2/c1-23-11-5-6-13(14(8-11)24-2)16(22)18-19-17-20(15(21)10-26-17)9-12-4-3-7-25-12/h3-8H,9-10H2,1-2H3,(H,18,22). The minimum Gasteiger partial charge on any atom is -0.497 e. The first kappa shape index (κ1) is 18.3.